The van der Waals surface area contributed by atoms with E-state index in [4.69, 9.17) is 0 Å². The summed E-state index contributed by atoms with van der Waals surface area (Å²) in [6.07, 6.45) is 0. The Hall–Kier alpha value is -2.04. The minimum absolute atomic E-state index is 0.199. The maximum absolute atomic E-state index is 12.3. The smallest absolute Gasteiger partial charge is 0.321 e. The van der Waals surface area contributed by atoms with Crippen molar-refractivity contribution in [1.29, 1.82) is 0 Å². The summed E-state index contributed by atoms with van der Waals surface area (Å²) in [5.74, 6) is 0.366. The van der Waals surface area contributed by atoms with Crippen LogP contribution in [0, 0.1) is 0 Å². The van der Waals surface area contributed by atoms with Crippen LogP contribution in [-0.2, 0) is 16.6 Å². The van der Waals surface area contributed by atoms with Crippen LogP contribution in [0.25, 0.3) is 0 Å². The van der Waals surface area contributed by atoms with E-state index in [1.54, 1.807) is 4.90 Å². The number of carbonyl (C=O) groups excluding carboxylic acids is 1. The molecule has 134 valence electrons. The van der Waals surface area contributed by atoms with Crippen LogP contribution in [0.15, 0.2) is 35.5 Å². The Morgan fingerprint density at radius 3 is 2.68 bits per heavy atom. The average molecular weight is 380 g/mol. The lowest BCUT2D eigenvalue weighted by Crippen LogP contribution is -2.51. The fourth-order valence-corrected chi connectivity index (χ4v) is 4.09. The highest BCUT2D eigenvalue weighted by molar-refractivity contribution is 7.84. The first-order chi connectivity index (χ1) is 12.1. The van der Waals surface area contributed by atoms with Gasteiger partial charge in [0, 0.05) is 37.7 Å². The molecule has 1 aromatic heterocycles. The van der Waals surface area contributed by atoms with E-state index >= 15 is 0 Å². The van der Waals surface area contributed by atoms with E-state index in [0.29, 0.717) is 24.0 Å². The molecule has 10 heteroatoms. The van der Waals surface area contributed by atoms with Crippen molar-refractivity contribution in [2.75, 3.05) is 38.7 Å². The molecule has 0 bridgehead atoms. The van der Waals surface area contributed by atoms with E-state index < -0.39 is 10.8 Å². The highest BCUT2D eigenvalue weighted by Gasteiger charge is 2.19. The monoisotopic (exact) mass is 380 g/mol. The second-order valence-corrected chi connectivity index (χ2v) is 7.80. The standard InChI is InChI=1S/C15H20N6O2S2/c1-20-7-9-21(10-8-20)15(22)18-17-13-16-14(19-24-13)25(23)11-12-5-3-2-4-6-12/h2-6H,7-11H2,1H3,(H,18,22)(H,16,17,19). The first kappa shape index (κ1) is 17.8. The molecule has 1 saturated heterocycles. The van der Waals surface area contributed by atoms with Crippen LogP contribution in [0.1, 0.15) is 5.56 Å². The van der Waals surface area contributed by atoms with Crippen LogP contribution in [0.5, 0.6) is 0 Å². The number of rotatable bonds is 5. The third-order valence-electron chi connectivity index (χ3n) is 3.82. The molecule has 2 N–H and O–H groups in total. The predicted molar refractivity (Wildman–Crippen MR) is 97.7 cm³/mol. The first-order valence-electron chi connectivity index (χ1n) is 7.87. The largest absolute Gasteiger partial charge is 0.336 e. The molecule has 0 spiro atoms. The molecule has 0 saturated carbocycles. The number of carbonyl (C=O) groups is 1. The second-order valence-electron chi connectivity index (χ2n) is 5.70. The second kappa shape index (κ2) is 8.37. The Bertz CT molecular complexity index is 731. The van der Waals surface area contributed by atoms with Gasteiger partial charge in [0.2, 0.25) is 10.3 Å². The van der Waals surface area contributed by atoms with Gasteiger partial charge in [-0.05, 0) is 12.6 Å². The molecule has 1 atom stereocenters. The summed E-state index contributed by atoms with van der Waals surface area (Å²) in [5.41, 5.74) is 6.33. The van der Waals surface area contributed by atoms with Gasteiger partial charge >= 0.3 is 6.03 Å². The minimum atomic E-state index is -1.32. The van der Waals surface area contributed by atoms with Crippen molar-refractivity contribution in [1.82, 2.24) is 24.6 Å². The zero-order valence-electron chi connectivity index (χ0n) is 13.8. The number of nitrogens with zero attached hydrogens (tertiary/aromatic N) is 4. The first-order valence-corrected chi connectivity index (χ1v) is 9.96. The molecule has 8 nitrogen and oxygen atoms in total. The van der Waals surface area contributed by atoms with E-state index in [9.17, 15) is 9.00 Å². The van der Waals surface area contributed by atoms with Crippen LogP contribution in [0.3, 0.4) is 0 Å². The number of anilines is 1. The fourth-order valence-electron chi connectivity index (χ4n) is 2.34. The van der Waals surface area contributed by atoms with E-state index in [1.807, 2.05) is 37.4 Å². The lowest BCUT2D eigenvalue weighted by molar-refractivity contribution is 0.156. The van der Waals surface area contributed by atoms with Crippen LogP contribution in [0.2, 0.25) is 0 Å². The topological polar surface area (TPSA) is 90.5 Å². The van der Waals surface area contributed by atoms with E-state index in [2.05, 4.69) is 25.1 Å². The number of aromatic nitrogens is 2. The van der Waals surface area contributed by atoms with Crippen LogP contribution in [0.4, 0.5) is 9.93 Å². The van der Waals surface area contributed by atoms with Gasteiger partial charge in [0.15, 0.2) is 0 Å². The number of hydrazine groups is 1. The number of piperazine rings is 1. The Morgan fingerprint density at radius 2 is 1.96 bits per heavy atom. The average Bonchev–Trinajstić information content (AvgIpc) is 3.10. The highest BCUT2D eigenvalue weighted by Crippen LogP contribution is 2.15. The van der Waals surface area contributed by atoms with Crippen molar-refractivity contribution >= 4 is 33.5 Å². The molecule has 1 aliphatic heterocycles. The van der Waals surface area contributed by atoms with Crippen LogP contribution < -0.4 is 10.9 Å². The third-order valence-corrected chi connectivity index (χ3v) is 5.75. The van der Waals surface area contributed by atoms with E-state index in [1.165, 1.54) is 0 Å². The lowest BCUT2D eigenvalue weighted by Gasteiger charge is -2.32. The summed E-state index contributed by atoms with van der Waals surface area (Å²) >= 11 is 1.07. The van der Waals surface area contributed by atoms with E-state index in [-0.39, 0.29) is 11.2 Å². The van der Waals surface area contributed by atoms with Gasteiger partial charge in [0.25, 0.3) is 0 Å². The number of urea groups is 1. The number of hydrogen-bond acceptors (Lipinski definition) is 7. The van der Waals surface area contributed by atoms with Crippen molar-refractivity contribution < 1.29 is 9.00 Å². The lowest BCUT2D eigenvalue weighted by atomic mass is 10.2. The van der Waals surface area contributed by atoms with Gasteiger partial charge < -0.3 is 9.80 Å². The number of likely N-dealkylation sites (N-methyl/N-ethyl adjacent to an activating group) is 1. The molecule has 1 unspecified atom stereocenters. The van der Waals surface area contributed by atoms with Gasteiger partial charge in [-0.1, -0.05) is 30.3 Å². The predicted octanol–water partition coefficient (Wildman–Crippen LogP) is 1.13. The van der Waals surface area contributed by atoms with Crippen molar-refractivity contribution in [2.24, 2.45) is 0 Å². The number of amides is 2. The van der Waals surface area contributed by atoms with Gasteiger partial charge in [-0.3, -0.25) is 9.63 Å². The molecule has 0 radical (unpaired) electrons. The van der Waals surface area contributed by atoms with Gasteiger partial charge in [-0.15, -0.1) is 0 Å². The summed E-state index contributed by atoms with van der Waals surface area (Å²) in [7, 11) is 0.717. The third kappa shape index (κ3) is 4.97. The zero-order chi connectivity index (χ0) is 17.6. The fraction of sp³-hybridized carbons (Fsp3) is 0.400. The molecule has 25 heavy (non-hydrogen) atoms. The molecule has 2 heterocycles. The molecule has 1 aliphatic rings. The number of nitrogens with one attached hydrogen (secondary N) is 2. The Morgan fingerprint density at radius 1 is 1.24 bits per heavy atom. The Labute approximate surface area is 152 Å². The number of benzene rings is 1. The molecule has 3 rings (SSSR count). The van der Waals surface area contributed by atoms with Crippen LogP contribution >= 0.6 is 11.5 Å². The summed E-state index contributed by atoms with van der Waals surface area (Å²) in [6.45, 7) is 3.09. The van der Waals surface area contributed by atoms with Gasteiger partial charge in [-0.2, -0.15) is 9.36 Å². The molecule has 1 aromatic carbocycles. The molecule has 0 aliphatic carbocycles. The van der Waals surface area contributed by atoms with Gasteiger partial charge in [0.1, 0.15) is 0 Å². The van der Waals surface area contributed by atoms with Crippen molar-refractivity contribution in [3.8, 4) is 0 Å². The van der Waals surface area contributed by atoms with Crippen molar-refractivity contribution in [3.63, 3.8) is 0 Å². The maximum atomic E-state index is 12.3. The minimum Gasteiger partial charge on any atom is -0.321 e. The molecular weight excluding hydrogens is 360 g/mol. The SMILES string of the molecule is CN1CCN(C(=O)NNc2nc(S(=O)Cc3ccccc3)ns2)CC1. The van der Waals surface area contributed by atoms with Crippen molar-refractivity contribution in [2.45, 2.75) is 10.9 Å². The summed E-state index contributed by atoms with van der Waals surface area (Å²) in [6, 6.07) is 9.36. The summed E-state index contributed by atoms with van der Waals surface area (Å²) < 4.78 is 16.4. The molecular formula is C15H20N6O2S2. The highest BCUT2D eigenvalue weighted by atomic mass is 32.2. The van der Waals surface area contributed by atoms with Crippen LogP contribution in [-0.4, -0.2) is 62.6 Å². The van der Waals surface area contributed by atoms with Crippen molar-refractivity contribution in [3.05, 3.63) is 35.9 Å². The molecule has 1 fully saturated rings. The summed E-state index contributed by atoms with van der Waals surface area (Å²) in [5, 5.41) is 0.684. The summed E-state index contributed by atoms with van der Waals surface area (Å²) in [4.78, 5) is 20.2. The Kier molecular flexibility index (Phi) is 5.95. The Balaban J connectivity index is 1.50. The maximum Gasteiger partial charge on any atom is 0.336 e. The van der Waals surface area contributed by atoms with Gasteiger partial charge in [0.05, 0.1) is 16.6 Å². The number of hydrogen-bond donors (Lipinski definition) is 2. The van der Waals surface area contributed by atoms with E-state index in [0.717, 1.165) is 30.2 Å². The quantitative estimate of drug-likeness (QED) is 0.756. The zero-order valence-corrected chi connectivity index (χ0v) is 15.5. The molecule has 2 amide bonds. The molecule has 2 aromatic rings. The normalized spacial score (nSPS) is 16.4. The van der Waals surface area contributed by atoms with Gasteiger partial charge in [-0.25, -0.2) is 10.2 Å².